The molecule has 0 amide bonds. The van der Waals surface area contributed by atoms with E-state index >= 15 is 0 Å². The molecule has 2 N–H and O–H groups in total. The van der Waals surface area contributed by atoms with E-state index in [9.17, 15) is 9.18 Å². The molecule has 2 unspecified atom stereocenters. The Morgan fingerprint density at radius 2 is 2.07 bits per heavy atom. The first-order chi connectivity index (χ1) is 6.70. The fourth-order valence-electron chi connectivity index (χ4n) is 1.80. The number of benzene rings is 1. The van der Waals surface area contributed by atoms with Crippen molar-refractivity contribution in [1.29, 1.82) is 0 Å². The Labute approximate surface area is 81.9 Å². The lowest BCUT2D eigenvalue weighted by atomic mass is 10.0. The Morgan fingerprint density at radius 1 is 1.36 bits per heavy atom. The molecule has 74 valence electrons. The summed E-state index contributed by atoms with van der Waals surface area (Å²) in [4.78, 5) is 11.4. The number of carbonyl (C=O) groups is 1. The van der Waals surface area contributed by atoms with Crippen LogP contribution in [0.5, 0.6) is 0 Å². The second kappa shape index (κ2) is 3.50. The SMILES string of the molecule is NC1CCc2ccccc2C(F)C1=O. The summed E-state index contributed by atoms with van der Waals surface area (Å²) in [5.74, 6) is -0.491. The highest BCUT2D eigenvalue weighted by Crippen LogP contribution is 2.28. The fraction of sp³-hybridized carbons (Fsp3) is 0.364. The van der Waals surface area contributed by atoms with Gasteiger partial charge in [-0.25, -0.2) is 4.39 Å². The summed E-state index contributed by atoms with van der Waals surface area (Å²) in [6.45, 7) is 0. The van der Waals surface area contributed by atoms with Gasteiger partial charge in [-0.3, -0.25) is 4.79 Å². The van der Waals surface area contributed by atoms with Crippen molar-refractivity contribution in [1.82, 2.24) is 0 Å². The first kappa shape index (κ1) is 9.34. The summed E-state index contributed by atoms with van der Waals surface area (Å²) >= 11 is 0. The van der Waals surface area contributed by atoms with Crippen LogP contribution in [0, 0.1) is 0 Å². The molecule has 3 heteroatoms. The second-order valence-electron chi connectivity index (χ2n) is 3.61. The first-order valence-electron chi connectivity index (χ1n) is 4.71. The smallest absolute Gasteiger partial charge is 0.188 e. The highest BCUT2D eigenvalue weighted by molar-refractivity contribution is 5.89. The number of alkyl halides is 1. The molecule has 1 aliphatic carbocycles. The Kier molecular flexibility index (Phi) is 2.33. The predicted octanol–water partition coefficient (Wildman–Crippen LogP) is 1.54. The monoisotopic (exact) mass is 193 g/mol. The van der Waals surface area contributed by atoms with Gasteiger partial charge in [-0.1, -0.05) is 24.3 Å². The standard InChI is InChI=1S/C11H12FNO/c12-10-8-4-2-1-3-7(8)5-6-9(13)11(10)14/h1-4,9-10H,5-6,13H2. The minimum absolute atomic E-state index is 0.491. The van der Waals surface area contributed by atoms with Crippen LogP contribution in [-0.2, 0) is 11.2 Å². The number of Topliss-reactive ketones (excluding diaryl/α,β-unsaturated/α-hetero) is 1. The number of ketones is 1. The van der Waals surface area contributed by atoms with Crippen LogP contribution in [-0.4, -0.2) is 11.8 Å². The molecule has 0 radical (unpaired) electrons. The van der Waals surface area contributed by atoms with Crippen LogP contribution in [0.4, 0.5) is 4.39 Å². The van der Waals surface area contributed by atoms with Gasteiger partial charge in [-0.05, 0) is 24.0 Å². The molecule has 2 nitrogen and oxygen atoms in total. The predicted molar refractivity (Wildman–Crippen MR) is 51.6 cm³/mol. The molecule has 0 fully saturated rings. The lowest BCUT2D eigenvalue weighted by Gasteiger charge is -2.09. The zero-order valence-electron chi connectivity index (χ0n) is 7.74. The van der Waals surface area contributed by atoms with Crippen LogP contribution in [0.1, 0.15) is 23.7 Å². The zero-order chi connectivity index (χ0) is 10.1. The van der Waals surface area contributed by atoms with Gasteiger partial charge in [0, 0.05) is 0 Å². The van der Waals surface area contributed by atoms with Gasteiger partial charge < -0.3 is 5.73 Å². The largest absolute Gasteiger partial charge is 0.321 e. The van der Waals surface area contributed by atoms with Crippen LogP contribution in [0.2, 0.25) is 0 Å². The molecule has 2 atom stereocenters. The van der Waals surface area contributed by atoms with E-state index in [1.54, 1.807) is 12.1 Å². The van der Waals surface area contributed by atoms with Crippen molar-refractivity contribution in [3.05, 3.63) is 35.4 Å². The molecule has 0 heterocycles. The van der Waals surface area contributed by atoms with E-state index < -0.39 is 18.0 Å². The summed E-state index contributed by atoms with van der Waals surface area (Å²) in [5.41, 5.74) is 6.95. The number of halogens is 1. The summed E-state index contributed by atoms with van der Waals surface area (Å²) in [5, 5.41) is 0. The third-order valence-corrected chi connectivity index (χ3v) is 2.67. The minimum Gasteiger partial charge on any atom is -0.321 e. The molecule has 0 spiro atoms. The number of hydrogen-bond donors (Lipinski definition) is 1. The van der Waals surface area contributed by atoms with E-state index in [4.69, 9.17) is 5.73 Å². The van der Waals surface area contributed by atoms with Crippen molar-refractivity contribution in [2.24, 2.45) is 5.73 Å². The molecule has 1 aromatic rings. The van der Waals surface area contributed by atoms with Crippen LogP contribution in [0.15, 0.2) is 24.3 Å². The molecular weight excluding hydrogens is 181 g/mol. The quantitative estimate of drug-likeness (QED) is 0.635. The Balaban J connectivity index is 2.45. The molecular formula is C11H12FNO. The van der Waals surface area contributed by atoms with Crippen molar-refractivity contribution in [2.75, 3.05) is 0 Å². The maximum atomic E-state index is 13.7. The van der Waals surface area contributed by atoms with E-state index in [1.807, 2.05) is 12.1 Å². The first-order valence-corrected chi connectivity index (χ1v) is 4.71. The molecule has 14 heavy (non-hydrogen) atoms. The van der Waals surface area contributed by atoms with E-state index in [0.29, 0.717) is 18.4 Å². The van der Waals surface area contributed by atoms with Gasteiger partial charge in [0.2, 0.25) is 0 Å². The number of rotatable bonds is 0. The van der Waals surface area contributed by atoms with E-state index in [2.05, 4.69) is 0 Å². The summed E-state index contributed by atoms with van der Waals surface area (Å²) in [7, 11) is 0. The van der Waals surface area contributed by atoms with Crippen LogP contribution in [0.3, 0.4) is 0 Å². The van der Waals surface area contributed by atoms with Crippen molar-refractivity contribution in [2.45, 2.75) is 25.1 Å². The highest BCUT2D eigenvalue weighted by atomic mass is 19.1. The summed E-state index contributed by atoms with van der Waals surface area (Å²) < 4.78 is 13.7. The van der Waals surface area contributed by atoms with Crippen molar-refractivity contribution >= 4 is 5.78 Å². The lowest BCUT2D eigenvalue weighted by Crippen LogP contribution is -2.32. The third-order valence-electron chi connectivity index (χ3n) is 2.67. The molecule has 0 saturated carbocycles. The normalized spacial score (nSPS) is 26.9. The molecule has 1 aromatic carbocycles. The van der Waals surface area contributed by atoms with E-state index in [-0.39, 0.29) is 0 Å². The molecule has 0 bridgehead atoms. The maximum absolute atomic E-state index is 13.7. The van der Waals surface area contributed by atoms with Gasteiger partial charge in [-0.15, -0.1) is 0 Å². The molecule has 0 aliphatic heterocycles. The minimum atomic E-state index is -1.54. The topological polar surface area (TPSA) is 43.1 Å². The van der Waals surface area contributed by atoms with Gasteiger partial charge in [0.15, 0.2) is 12.0 Å². The van der Waals surface area contributed by atoms with Gasteiger partial charge >= 0.3 is 0 Å². The van der Waals surface area contributed by atoms with Crippen molar-refractivity contribution in [3.63, 3.8) is 0 Å². The van der Waals surface area contributed by atoms with Crippen molar-refractivity contribution < 1.29 is 9.18 Å². The van der Waals surface area contributed by atoms with Gasteiger partial charge in [0.1, 0.15) is 0 Å². The molecule has 0 aromatic heterocycles. The Bertz CT molecular complexity index is 364. The number of carbonyl (C=O) groups excluding carboxylic acids is 1. The van der Waals surface area contributed by atoms with Crippen molar-refractivity contribution in [3.8, 4) is 0 Å². The lowest BCUT2D eigenvalue weighted by molar-refractivity contribution is -0.125. The van der Waals surface area contributed by atoms with Crippen LogP contribution in [0.25, 0.3) is 0 Å². The molecule has 1 aliphatic rings. The van der Waals surface area contributed by atoms with Gasteiger partial charge in [-0.2, -0.15) is 0 Å². The van der Waals surface area contributed by atoms with E-state index in [1.165, 1.54) is 0 Å². The average Bonchev–Trinajstić information content (AvgIpc) is 2.32. The fourth-order valence-corrected chi connectivity index (χ4v) is 1.80. The summed E-state index contributed by atoms with van der Waals surface area (Å²) in [6.07, 6.45) is -0.316. The number of hydrogen-bond acceptors (Lipinski definition) is 2. The number of nitrogens with two attached hydrogens (primary N) is 1. The average molecular weight is 193 g/mol. The second-order valence-corrected chi connectivity index (χ2v) is 3.61. The number of fused-ring (bicyclic) bond motifs is 1. The van der Waals surface area contributed by atoms with Crippen LogP contribution < -0.4 is 5.73 Å². The number of aryl methyl sites for hydroxylation is 1. The Morgan fingerprint density at radius 3 is 2.86 bits per heavy atom. The zero-order valence-corrected chi connectivity index (χ0v) is 7.74. The van der Waals surface area contributed by atoms with E-state index in [0.717, 1.165) is 5.56 Å². The summed E-state index contributed by atoms with van der Waals surface area (Å²) in [6, 6.07) is 6.46. The molecule has 0 saturated heterocycles. The highest BCUT2D eigenvalue weighted by Gasteiger charge is 2.30. The third kappa shape index (κ3) is 1.44. The van der Waals surface area contributed by atoms with Gasteiger partial charge in [0.25, 0.3) is 0 Å². The van der Waals surface area contributed by atoms with Crippen LogP contribution >= 0.6 is 0 Å². The molecule has 2 rings (SSSR count). The van der Waals surface area contributed by atoms with Gasteiger partial charge in [0.05, 0.1) is 6.04 Å². The maximum Gasteiger partial charge on any atom is 0.188 e. The Hall–Kier alpha value is -1.22.